The zero-order valence-corrected chi connectivity index (χ0v) is 11.4. The average molecular weight is 272 g/mol. The van der Waals surface area contributed by atoms with Gasteiger partial charge in [-0.15, -0.1) is 0 Å². The molecule has 4 nitrogen and oxygen atoms in total. The van der Waals surface area contributed by atoms with Crippen molar-refractivity contribution >= 4 is 27.8 Å². The second-order valence-electron chi connectivity index (χ2n) is 4.76. The summed E-state index contributed by atoms with van der Waals surface area (Å²) >= 11 is 0. The van der Waals surface area contributed by atoms with Gasteiger partial charge in [-0.2, -0.15) is 0 Å². The van der Waals surface area contributed by atoms with Crippen molar-refractivity contribution in [3.05, 3.63) is 41.5 Å². The number of hydrogen-bond acceptors (Lipinski definition) is 3. The number of benzene rings is 1. The molecule has 0 unspecified atom stereocenters. The average Bonchev–Trinajstić information content (AvgIpc) is 2.72. The van der Waals surface area contributed by atoms with Crippen LogP contribution in [0.3, 0.4) is 0 Å². The number of halogens is 1. The molecule has 0 fully saturated rings. The molecular weight excluding hydrogens is 259 g/mol. The first-order valence-electron chi connectivity index (χ1n) is 6.16. The van der Waals surface area contributed by atoms with Crippen LogP contribution in [0.4, 0.5) is 4.39 Å². The summed E-state index contributed by atoms with van der Waals surface area (Å²) in [5.41, 5.74) is 2.45. The molecule has 2 heterocycles. The largest absolute Gasteiger partial charge is 0.464 e. The molecule has 0 saturated carbocycles. The Kier molecular flexibility index (Phi) is 2.71. The van der Waals surface area contributed by atoms with Crippen LogP contribution in [0.2, 0.25) is 0 Å². The molecule has 0 N–H and O–H groups in total. The maximum atomic E-state index is 13.4. The number of rotatable bonds is 1. The fourth-order valence-corrected chi connectivity index (χ4v) is 2.62. The number of carbonyl (C=O) groups is 1. The van der Waals surface area contributed by atoms with Gasteiger partial charge in [0, 0.05) is 30.1 Å². The molecule has 0 aliphatic carbocycles. The fourth-order valence-electron chi connectivity index (χ4n) is 2.62. The number of carbonyl (C=O) groups excluding carboxylic acids is 1. The first-order chi connectivity index (χ1) is 9.52. The van der Waals surface area contributed by atoms with E-state index >= 15 is 0 Å². The third-order valence-electron chi connectivity index (χ3n) is 3.43. The molecule has 1 aromatic carbocycles. The summed E-state index contributed by atoms with van der Waals surface area (Å²) in [6.07, 6.45) is 1.92. The minimum atomic E-state index is -0.518. The molecule has 3 aromatic rings. The standard InChI is InChI=1S/C15H13FN2O2/c1-8-7-18(2)14-10-5-4-9(16)6-11(10)17-13(12(8)14)15(19)20-3/h4-7H,1-3H3. The molecule has 5 heteroatoms. The van der Waals surface area contributed by atoms with E-state index in [1.165, 1.54) is 19.2 Å². The maximum Gasteiger partial charge on any atom is 0.357 e. The molecule has 0 radical (unpaired) electrons. The molecule has 0 spiro atoms. The highest BCUT2D eigenvalue weighted by Crippen LogP contribution is 2.30. The molecule has 0 atom stereocenters. The Hall–Kier alpha value is -2.43. The highest BCUT2D eigenvalue weighted by molar-refractivity contribution is 6.13. The third-order valence-corrected chi connectivity index (χ3v) is 3.43. The number of ether oxygens (including phenoxy) is 1. The smallest absolute Gasteiger partial charge is 0.357 e. The van der Waals surface area contributed by atoms with Crippen molar-refractivity contribution in [2.24, 2.45) is 7.05 Å². The van der Waals surface area contributed by atoms with Crippen molar-refractivity contribution in [1.82, 2.24) is 9.55 Å². The summed E-state index contributed by atoms with van der Waals surface area (Å²) in [5.74, 6) is -0.901. The van der Waals surface area contributed by atoms with E-state index in [4.69, 9.17) is 4.74 Å². The van der Waals surface area contributed by atoms with Gasteiger partial charge < -0.3 is 9.30 Å². The van der Waals surface area contributed by atoms with E-state index in [0.29, 0.717) is 5.52 Å². The molecule has 0 aliphatic heterocycles. The van der Waals surface area contributed by atoms with Gasteiger partial charge in [-0.1, -0.05) is 0 Å². The third kappa shape index (κ3) is 1.66. The molecule has 0 bridgehead atoms. The monoisotopic (exact) mass is 272 g/mol. The van der Waals surface area contributed by atoms with Crippen LogP contribution in [0.25, 0.3) is 21.8 Å². The number of aryl methyl sites for hydroxylation is 2. The highest BCUT2D eigenvalue weighted by atomic mass is 19.1. The van der Waals surface area contributed by atoms with Crippen molar-refractivity contribution in [2.75, 3.05) is 7.11 Å². The van der Waals surface area contributed by atoms with Gasteiger partial charge in [0.2, 0.25) is 0 Å². The van der Waals surface area contributed by atoms with Gasteiger partial charge in [-0.25, -0.2) is 14.2 Å². The topological polar surface area (TPSA) is 44.1 Å². The Morgan fingerprint density at radius 3 is 2.85 bits per heavy atom. The van der Waals surface area contributed by atoms with E-state index in [1.807, 2.05) is 24.7 Å². The lowest BCUT2D eigenvalue weighted by molar-refractivity contribution is 0.0597. The molecule has 0 aliphatic rings. The van der Waals surface area contributed by atoms with Gasteiger partial charge >= 0.3 is 5.97 Å². The number of hydrogen-bond donors (Lipinski definition) is 0. The lowest BCUT2D eigenvalue weighted by Crippen LogP contribution is -2.06. The predicted octanol–water partition coefficient (Wildman–Crippen LogP) is 2.96. The van der Waals surface area contributed by atoms with E-state index in [2.05, 4.69) is 4.98 Å². The Morgan fingerprint density at radius 2 is 2.15 bits per heavy atom. The first kappa shape index (κ1) is 12.6. The highest BCUT2D eigenvalue weighted by Gasteiger charge is 2.19. The maximum absolute atomic E-state index is 13.4. The lowest BCUT2D eigenvalue weighted by atomic mass is 10.1. The van der Waals surface area contributed by atoms with E-state index in [-0.39, 0.29) is 11.5 Å². The van der Waals surface area contributed by atoms with Gasteiger partial charge in [-0.3, -0.25) is 0 Å². The van der Waals surface area contributed by atoms with Crippen LogP contribution in [0.1, 0.15) is 16.1 Å². The predicted molar refractivity (Wildman–Crippen MR) is 74.3 cm³/mol. The number of aromatic nitrogens is 2. The summed E-state index contributed by atoms with van der Waals surface area (Å²) in [6.45, 7) is 1.91. The minimum absolute atomic E-state index is 0.221. The molecule has 3 rings (SSSR count). The van der Waals surface area contributed by atoms with Crippen molar-refractivity contribution in [2.45, 2.75) is 6.92 Å². The summed E-state index contributed by atoms with van der Waals surface area (Å²) in [4.78, 5) is 16.2. The van der Waals surface area contributed by atoms with E-state index < -0.39 is 5.97 Å². The van der Waals surface area contributed by atoms with Gasteiger partial charge in [0.15, 0.2) is 5.69 Å². The van der Waals surface area contributed by atoms with E-state index in [0.717, 1.165) is 21.9 Å². The second-order valence-corrected chi connectivity index (χ2v) is 4.76. The Balaban J connectivity index is 2.56. The van der Waals surface area contributed by atoms with Crippen molar-refractivity contribution in [3.63, 3.8) is 0 Å². The summed E-state index contributed by atoms with van der Waals surface area (Å²) in [6, 6.07) is 4.40. The summed E-state index contributed by atoms with van der Waals surface area (Å²) in [5, 5.41) is 1.56. The van der Waals surface area contributed by atoms with Crippen LogP contribution in [0.15, 0.2) is 24.4 Å². The zero-order valence-electron chi connectivity index (χ0n) is 11.4. The minimum Gasteiger partial charge on any atom is -0.464 e. The van der Waals surface area contributed by atoms with Crippen LogP contribution in [0, 0.1) is 12.7 Å². The first-order valence-corrected chi connectivity index (χ1v) is 6.16. The van der Waals surface area contributed by atoms with Crippen molar-refractivity contribution < 1.29 is 13.9 Å². The zero-order chi connectivity index (χ0) is 14.4. The van der Waals surface area contributed by atoms with Crippen molar-refractivity contribution in [1.29, 1.82) is 0 Å². The van der Waals surface area contributed by atoms with E-state index in [9.17, 15) is 9.18 Å². The lowest BCUT2D eigenvalue weighted by Gasteiger charge is -2.07. The van der Waals surface area contributed by atoms with Crippen LogP contribution in [0.5, 0.6) is 0 Å². The van der Waals surface area contributed by atoms with Crippen LogP contribution >= 0.6 is 0 Å². The second kappa shape index (κ2) is 4.30. The number of nitrogens with zero attached hydrogens (tertiary/aromatic N) is 2. The normalized spacial score (nSPS) is 11.2. The Morgan fingerprint density at radius 1 is 1.40 bits per heavy atom. The summed E-state index contributed by atoms with van der Waals surface area (Å²) < 4.78 is 20.1. The van der Waals surface area contributed by atoms with Crippen LogP contribution in [-0.4, -0.2) is 22.6 Å². The van der Waals surface area contributed by atoms with E-state index in [1.54, 1.807) is 6.07 Å². The van der Waals surface area contributed by atoms with Crippen LogP contribution < -0.4 is 0 Å². The number of fused-ring (bicyclic) bond motifs is 3. The van der Waals surface area contributed by atoms with Crippen LogP contribution in [-0.2, 0) is 11.8 Å². The number of pyridine rings is 1. The Labute approximate surface area is 114 Å². The SMILES string of the molecule is COC(=O)c1nc2cc(F)ccc2c2c1c(C)cn2C. The van der Waals surface area contributed by atoms with Crippen molar-refractivity contribution in [3.8, 4) is 0 Å². The van der Waals surface area contributed by atoms with Gasteiger partial charge in [0.25, 0.3) is 0 Å². The van der Waals surface area contributed by atoms with Gasteiger partial charge in [-0.05, 0) is 24.6 Å². The van der Waals surface area contributed by atoms with Gasteiger partial charge in [0.1, 0.15) is 5.82 Å². The molecule has 2 aromatic heterocycles. The molecule has 0 saturated heterocycles. The molecule has 20 heavy (non-hydrogen) atoms. The molecule has 0 amide bonds. The molecule has 102 valence electrons. The van der Waals surface area contributed by atoms with Gasteiger partial charge in [0.05, 0.1) is 18.1 Å². The number of esters is 1. The quantitative estimate of drug-likeness (QED) is 0.640. The fraction of sp³-hybridized carbons (Fsp3) is 0.200. The number of methoxy groups -OCH3 is 1. The summed E-state index contributed by atoms with van der Waals surface area (Å²) in [7, 11) is 3.20. The Bertz CT molecular complexity index is 852. The molecular formula is C15H13FN2O2.